The number of hydrogen-bond donors (Lipinski definition) is 3. The van der Waals surface area contributed by atoms with Crippen molar-refractivity contribution in [1.29, 1.82) is 0 Å². The molecule has 0 aromatic rings. The third-order valence-corrected chi connectivity index (χ3v) is 3.36. The lowest BCUT2D eigenvalue weighted by Crippen LogP contribution is -2.67. The van der Waals surface area contributed by atoms with Crippen molar-refractivity contribution in [1.82, 2.24) is 10.6 Å². The molecule has 0 aliphatic carbocycles. The number of β-lactam (4-membered cyclic amide) rings is 1. The van der Waals surface area contributed by atoms with Gasteiger partial charge >= 0.3 is 6.09 Å². The highest BCUT2D eigenvalue weighted by Gasteiger charge is 2.35. The van der Waals surface area contributed by atoms with Crippen molar-refractivity contribution in [2.45, 2.75) is 38.5 Å². The molecule has 1 aliphatic rings. The molecule has 18 heavy (non-hydrogen) atoms. The maximum Gasteiger partial charge on any atom is 0.407 e. The van der Waals surface area contributed by atoms with Crippen molar-refractivity contribution in [2.24, 2.45) is 5.73 Å². The second-order valence-electron chi connectivity index (χ2n) is 5.14. The number of nitrogens with two attached hydrogens (primary N) is 1. The average Bonchev–Trinajstić information content (AvgIpc) is 2.24. The van der Waals surface area contributed by atoms with Gasteiger partial charge in [0, 0.05) is 18.1 Å². The zero-order valence-electron chi connectivity index (χ0n) is 11.0. The van der Waals surface area contributed by atoms with Crippen LogP contribution in [0, 0.1) is 0 Å². The Morgan fingerprint density at radius 3 is 2.72 bits per heavy atom. The lowest BCUT2D eigenvalue weighted by molar-refractivity contribution is -0.129. The smallest absolute Gasteiger partial charge is 0.407 e. The lowest BCUT2D eigenvalue weighted by Gasteiger charge is -2.33. The number of carbonyl (C=O) groups excluding carboxylic acids is 2. The van der Waals surface area contributed by atoms with E-state index in [0.29, 0.717) is 6.54 Å². The molecule has 4 N–H and O–H groups in total. The Hall–Kier alpha value is -0.950. The predicted octanol–water partition coefficient (Wildman–Crippen LogP) is 0.0700. The van der Waals surface area contributed by atoms with Gasteiger partial charge in [0.15, 0.2) is 0 Å². The van der Waals surface area contributed by atoms with Crippen molar-refractivity contribution in [3.8, 4) is 0 Å². The molecule has 1 heterocycles. The fourth-order valence-electron chi connectivity index (χ4n) is 1.35. The van der Waals surface area contributed by atoms with Crippen molar-refractivity contribution in [3.05, 3.63) is 0 Å². The maximum absolute atomic E-state index is 11.3. The van der Waals surface area contributed by atoms with E-state index < -0.39 is 11.7 Å². The first-order chi connectivity index (χ1) is 8.29. The van der Waals surface area contributed by atoms with Gasteiger partial charge < -0.3 is 21.1 Å². The van der Waals surface area contributed by atoms with Gasteiger partial charge in [-0.25, -0.2) is 4.79 Å². The number of carbonyl (C=O) groups is 2. The number of ether oxygens (including phenoxy) is 1. The van der Waals surface area contributed by atoms with E-state index in [2.05, 4.69) is 10.6 Å². The van der Waals surface area contributed by atoms with E-state index in [-0.39, 0.29) is 18.0 Å². The lowest BCUT2D eigenvalue weighted by atomic mass is 10.0. The number of hydrogen-bond acceptors (Lipinski definition) is 5. The second kappa shape index (κ2) is 6.29. The first-order valence-corrected chi connectivity index (χ1v) is 7.05. The van der Waals surface area contributed by atoms with Crippen LogP contribution in [-0.2, 0) is 9.53 Å². The first-order valence-electron chi connectivity index (χ1n) is 5.90. The summed E-state index contributed by atoms with van der Waals surface area (Å²) < 4.78 is 5.09. The van der Waals surface area contributed by atoms with E-state index in [0.717, 1.165) is 11.5 Å². The monoisotopic (exact) mass is 275 g/mol. The van der Waals surface area contributed by atoms with Gasteiger partial charge in [0.1, 0.15) is 11.6 Å². The standard InChI is InChI=1S/C11H21N3O3S/c1-11(2,3)17-10(16)13-4-5-18-6-7-8(12)9(15)14-7/h7-8H,4-6,12H2,1-3H3,(H,13,16)(H,14,15)/t7-,8-/m0/s1. The molecule has 0 unspecified atom stereocenters. The number of thioether (sulfide) groups is 1. The van der Waals surface area contributed by atoms with Crippen LogP contribution >= 0.6 is 11.8 Å². The molecule has 7 heteroatoms. The molecular weight excluding hydrogens is 254 g/mol. The molecule has 2 amide bonds. The summed E-state index contributed by atoms with van der Waals surface area (Å²) in [5.41, 5.74) is 5.11. The van der Waals surface area contributed by atoms with Gasteiger partial charge in [0.2, 0.25) is 5.91 Å². The molecule has 0 saturated carbocycles. The van der Waals surface area contributed by atoms with E-state index in [1.807, 2.05) is 20.8 Å². The molecule has 1 fully saturated rings. The van der Waals surface area contributed by atoms with E-state index >= 15 is 0 Å². The molecule has 0 aromatic heterocycles. The van der Waals surface area contributed by atoms with Crippen molar-refractivity contribution in [2.75, 3.05) is 18.1 Å². The summed E-state index contributed by atoms with van der Waals surface area (Å²) >= 11 is 1.64. The fraction of sp³-hybridized carbons (Fsp3) is 0.818. The highest BCUT2D eigenvalue weighted by molar-refractivity contribution is 7.99. The first kappa shape index (κ1) is 15.1. The topological polar surface area (TPSA) is 93.5 Å². The molecule has 0 bridgehead atoms. The summed E-state index contributed by atoms with van der Waals surface area (Å²) in [7, 11) is 0. The molecule has 0 aromatic carbocycles. The van der Waals surface area contributed by atoms with Gasteiger partial charge in [-0.1, -0.05) is 0 Å². The molecule has 2 atom stereocenters. The van der Waals surface area contributed by atoms with Gasteiger partial charge in [-0.15, -0.1) is 0 Å². The molecule has 1 aliphatic heterocycles. The van der Waals surface area contributed by atoms with Crippen LogP contribution in [0.25, 0.3) is 0 Å². The summed E-state index contributed by atoms with van der Waals surface area (Å²) in [4.78, 5) is 22.1. The summed E-state index contributed by atoms with van der Waals surface area (Å²) in [6.45, 7) is 6.00. The number of rotatable bonds is 5. The zero-order valence-corrected chi connectivity index (χ0v) is 11.8. The minimum atomic E-state index is -0.472. The Morgan fingerprint density at radius 2 is 2.22 bits per heavy atom. The van der Waals surface area contributed by atoms with Crippen LogP contribution in [0.4, 0.5) is 4.79 Å². The van der Waals surface area contributed by atoms with Crippen LogP contribution in [0.5, 0.6) is 0 Å². The van der Waals surface area contributed by atoms with Crippen molar-refractivity contribution >= 4 is 23.8 Å². The molecular formula is C11H21N3O3S. The SMILES string of the molecule is CC(C)(C)OC(=O)NCCSC[C@@H]1NC(=O)[C@H]1N. The van der Waals surface area contributed by atoms with Crippen LogP contribution in [-0.4, -0.2) is 47.7 Å². The van der Waals surface area contributed by atoms with Gasteiger partial charge in [-0.05, 0) is 20.8 Å². The normalized spacial score (nSPS) is 23.0. The number of nitrogens with one attached hydrogen (secondary N) is 2. The molecule has 104 valence electrons. The Kier molecular flexibility index (Phi) is 5.28. The van der Waals surface area contributed by atoms with E-state index in [1.165, 1.54) is 0 Å². The molecule has 1 saturated heterocycles. The van der Waals surface area contributed by atoms with Crippen LogP contribution in [0.3, 0.4) is 0 Å². The Morgan fingerprint density at radius 1 is 1.56 bits per heavy atom. The third kappa shape index (κ3) is 5.14. The van der Waals surface area contributed by atoms with Crippen LogP contribution < -0.4 is 16.4 Å². The Balaban J connectivity index is 1.99. The summed E-state index contributed by atoms with van der Waals surface area (Å²) in [6.07, 6.45) is -0.406. The predicted molar refractivity (Wildman–Crippen MR) is 71.5 cm³/mol. The zero-order chi connectivity index (χ0) is 13.8. The minimum Gasteiger partial charge on any atom is -0.444 e. The summed E-state index contributed by atoms with van der Waals surface area (Å²) in [5.74, 6) is 1.44. The number of amides is 2. The molecule has 1 rings (SSSR count). The highest BCUT2D eigenvalue weighted by Crippen LogP contribution is 2.11. The van der Waals surface area contributed by atoms with Crippen LogP contribution in [0.15, 0.2) is 0 Å². The van der Waals surface area contributed by atoms with E-state index in [1.54, 1.807) is 11.8 Å². The maximum atomic E-state index is 11.3. The minimum absolute atomic E-state index is 0.0593. The molecule has 6 nitrogen and oxygen atoms in total. The second-order valence-corrected chi connectivity index (χ2v) is 6.29. The van der Waals surface area contributed by atoms with Crippen LogP contribution in [0.1, 0.15) is 20.8 Å². The van der Waals surface area contributed by atoms with Gasteiger partial charge in [-0.2, -0.15) is 11.8 Å². The van der Waals surface area contributed by atoms with Crippen LogP contribution in [0.2, 0.25) is 0 Å². The Labute approximate surface area is 111 Å². The van der Waals surface area contributed by atoms with E-state index in [4.69, 9.17) is 10.5 Å². The van der Waals surface area contributed by atoms with Gasteiger partial charge in [0.25, 0.3) is 0 Å². The molecule has 0 radical (unpaired) electrons. The molecule has 0 spiro atoms. The van der Waals surface area contributed by atoms with E-state index in [9.17, 15) is 9.59 Å². The Bertz CT molecular complexity index is 317. The average molecular weight is 275 g/mol. The summed E-state index contributed by atoms with van der Waals surface area (Å²) in [6, 6.07) is -0.319. The van der Waals surface area contributed by atoms with Crippen molar-refractivity contribution < 1.29 is 14.3 Å². The highest BCUT2D eigenvalue weighted by atomic mass is 32.2. The van der Waals surface area contributed by atoms with Crippen molar-refractivity contribution in [3.63, 3.8) is 0 Å². The van der Waals surface area contributed by atoms with Gasteiger partial charge in [0.05, 0.1) is 6.04 Å². The largest absolute Gasteiger partial charge is 0.444 e. The summed E-state index contributed by atoms with van der Waals surface area (Å²) in [5, 5.41) is 5.39. The number of alkyl carbamates (subject to hydrolysis) is 1. The van der Waals surface area contributed by atoms with Gasteiger partial charge in [-0.3, -0.25) is 4.79 Å². The fourth-order valence-corrected chi connectivity index (χ4v) is 2.31. The quantitative estimate of drug-likeness (QED) is 0.488. The third-order valence-electron chi connectivity index (χ3n) is 2.28.